The molecule has 0 fully saturated rings. The molecule has 0 aromatic rings. The molecule has 9 heteroatoms. The van der Waals surface area contributed by atoms with E-state index in [0.717, 1.165) is 0 Å². The summed E-state index contributed by atoms with van der Waals surface area (Å²) in [7, 11) is 0. The van der Waals surface area contributed by atoms with E-state index in [1.165, 1.54) is 0 Å². The molecule has 0 radical (unpaired) electrons. The van der Waals surface area contributed by atoms with Crippen LogP contribution in [0.1, 0.15) is 19.3 Å². The number of carbonyl (C=O) groups excluding carboxylic acids is 2. The van der Waals surface area contributed by atoms with E-state index in [-0.39, 0.29) is 12.3 Å². The third kappa shape index (κ3) is 7.31. The molecule has 2 atom stereocenters. The second-order valence-electron chi connectivity index (χ2n) is 4.19. The zero-order valence-electron chi connectivity index (χ0n) is 11.2. The molecule has 0 unspecified atom stereocenters. The van der Waals surface area contributed by atoms with Crippen LogP contribution in [-0.4, -0.2) is 53.8 Å². The van der Waals surface area contributed by atoms with Crippen molar-refractivity contribution in [3.05, 3.63) is 0 Å². The van der Waals surface area contributed by atoms with Crippen molar-refractivity contribution >= 4 is 30.4 Å². The van der Waals surface area contributed by atoms with Crippen LogP contribution in [0.15, 0.2) is 0 Å². The Bertz CT molecular complexity index is 340. The second kappa shape index (κ2) is 10.5. The first-order valence-corrected chi connectivity index (χ1v) is 6.93. The first-order valence-electron chi connectivity index (χ1n) is 6.29. The van der Waals surface area contributed by atoms with Gasteiger partial charge in [0.2, 0.25) is 11.8 Å². The van der Waals surface area contributed by atoms with Crippen molar-refractivity contribution in [1.29, 1.82) is 0 Å². The van der Waals surface area contributed by atoms with E-state index in [2.05, 4.69) is 23.3 Å². The van der Waals surface area contributed by atoms with Crippen LogP contribution in [0.5, 0.6) is 0 Å². The lowest BCUT2D eigenvalue weighted by atomic mass is 10.1. The molecule has 0 bridgehead atoms. The summed E-state index contributed by atoms with van der Waals surface area (Å²) in [4.78, 5) is 34.1. The standard InChI is InChI=1S/C11H22N4O4S/c12-4-2-1-3-7(14-9(16)5-13)10(17)15-8(6-20)11(18)19/h7-8,20H,1-6,12-13H2,(H,14,16)(H,15,17)(H,18,19)/t7-,8-/m0/s1. The molecule has 0 spiro atoms. The van der Waals surface area contributed by atoms with E-state index < -0.39 is 29.9 Å². The highest BCUT2D eigenvalue weighted by molar-refractivity contribution is 7.80. The molecule has 0 aliphatic rings. The Hall–Kier alpha value is -1.32. The summed E-state index contributed by atoms with van der Waals surface area (Å²) in [6.45, 7) is 0.239. The normalized spacial score (nSPS) is 13.3. The predicted molar refractivity (Wildman–Crippen MR) is 77.3 cm³/mol. The van der Waals surface area contributed by atoms with Gasteiger partial charge in [0.1, 0.15) is 12.1 Å². The fourth-order valence-electron chi connectivity index (χ4n) is 1.47. The molecule has 2 amide bonds. The Morgan fingerprint density at radius 3 is 2.20 bits per heavy atom. The average Bonchev–Trinajstić information content (AvgIpc) is 2.42. The number of carboxylic acid groups (broad SMARTS) is 1. The Kier molecular flexibility index (Phi) is 9.77. The van der Waals surface area contributed by atoms with E-state index in [0.29, 0.717) is 25.8 Å². The highest BCUT2D eigenvalue weighted by Crippen LogP contribution is 2.02. The smallest absolute Gasteiger partial charge is 0.327 e. The fraction of sp³-hybridized carbons (Fsp3) is 0.727. The lowest BCUT2D eigenvalue weighted by Gasteiger charge is -2.20. The summed E-state index contributed by atoms with van der Waals surface area (Å²) < 4.78 is 0. The highest BCUT2D eigenvalue weighted by atomic mass is 32.1. The SMILES string of the molecule is NCCCC[C@H](NC(=O)CN)C(=O)N[C@@H](CS)C(=O)O. The fourth-order valence-corrected chi connectivity index (χ4v) is 1.72. The van der Waals surface area contributed by atoms with Crippen LogP contribution in [0.25, 0.3) is 0 Å². The van der Waals surface area contributed by atoms with Gasteiger partial charge >= 0.3 is 5.97 Å². The molecular formula is C11H22N4O4S. The molecule has 0 aromatic heterocycles. The monoisotopic (exact) mass is 306 g/mol. The summed E-state index contributed by atoms with van der Waals surface area (Å²) >= 11 is 3.85. The zero-order valence-corrected chi connectivity index (χ0v) is 12.1. The van der Waals surface area contributed by atoms with Crippen LogP contribution in [0, 0.1) is 0 Å². The first-order chi connectivity index (χ1) is 9.46. The number of hydrogen-bond acceptors (Lipinski definition) is 6. The van der Waals surface area contributed by atoms with Gasteiger partial charge < -0.3 is 27.2 Å². The maximum absolute atomic E-state index is 12.0. The van der Waals surface area contributed by atoms with E-state index in [9.17, 15) is 14.4 Å². The van der Waals surface area contributed by atoms with Crippen molar-refractivity contribution in [2.24, 2.45) is 11.5 Å². The van der Waals surface area contributed by atoms with Gasteiger partial charge in [0.15, 0.2) is 0 Å². The number of aliphatic carboxylic acids is 1. The van der Waals surface area contributed by atoms with Gasteiger partial charge in [-0.1, -0.05) is 0 Å². The Morgan fingerprint density at radius 2 is 1.75 bits per heavy atom. The van der Waals surface area contributed by atoms with Crippen molar-refractivity contribution < 1.29 is 19.5 Å². The van der Waals surface area contributed by atoms with Gasteiger partial charge in [-0.15, -0.1) is 0 Å². The lowest BCUT2D eigenvalue weighted by molar-refractivity contribution is -0.141. The number of thiol groups is 1. The minimum Gasteiger partial charge on any atom is -0.480 e. The number of carbonyl (C=O) groups is 3. The lowest BCUT2D eigenvalue weighted by Crippen LogP contribution is -2.53. The second-order valence-corrected chi connectivity index (χ2v) is 4.56. The van der Waals surface area contributed by atoms with Crippen LogP contribution in [0.4, 0.5) is 0 Å². The number of rotatable bonds is 10. The first kappa shape index (κ1) is 18.7. The number of unbranched alkanes of at least 4 members (excludes halogenated alkanes) is 1. The van der Waals surface area contributed by atoms with Crippen LogP contribution in [-0.2, 0) is 14.4 Å². The van der Waals surface area contributed by atoms with E-state index in [1.807, 2.05) is 0 Å². The maximum atomic E-state index is 12.0. The Labute approximate surface area is 123 Å². The topological polar surface area (TPSA) is 148 Å². The molecule has 0 saturated heterocycles. The molecule has 0 rings (SSSR count). The molecule has 0 saturated carbocycles. The van der Waals surface area contributed by atoms with E-state index in [1.54, 1.807) is 0 Å². The van der Waals surface area contributed by atoms with Crippen LogP contribution < -0.4 is 22.1 Å². The summed E-state index contributed by atoms with van der Waals surface area (Å²) in [5.74, 6) is -2.26. The number of carboxylic acids is 1. The average molecular weight is 306 g/mol. The van der Waals surface area contributed by atoms with Crippen molar-refractivity contribution in [3.8, 4) is 0 Å². The van der Waals surface area contributed by atoms with Crippen molar-refractivity contribution in [2.75, 3.05) is 18.8 Å². The maximum Gasteiger partial charge on any atom is 0.327 e. The molecule has 0 aromatic carbocycles. The molecule has 8 nitrogen and oxygen atoms in total. The van der Waals surface area contributed by atoms with Gasteiger partial charge in [-0.25, -0.2) is 4.79 Å². The molecule has 0 aliphatic carbocycles. The largest absolute Gasteiger partial charge is 0.480 e. The molecular weight excluding hydrogens is 284 g/mol. The summed E-state index contributed by atoms with van der Waals surface area (Å²) in [5.41, 5.74) is 10.5. The third-order valence-corrected chi connectivity index (χ3v) is 2.95. The number of hydrogen-bond donors (Lipinski definition) is 6. The Balaban J connectivity index is 4.59. The van der Waals surface area contributed by atoms with Crippen LogP contribution in [0.3, 0.4) is 0 Å². The minimum atomic E-state index is -1.18. The molecule has 116 valence electrons. The van der Waals surface area contributed by atoms with Crippen molar-refractivity contribution in [2.45, 2.75) is 31.3 Å². The highest BCUT2D eigenvalue weighted by Gasteiger charge is 2.25. The quantitative estimate of drug-likeness (QED) is 0.204. The Morgan fingerprint density at radius 1 is 1.10 bits per heavy atom. The van der Waals surface area contributed by atoms with Gasteiger partial charge in [0, 0.05) is 5.75 Å². The molecule has 0 aliphatic heterocycles. The van der Waals surface area contributed by atoms with Crippen molar-refractivity contribution in [3.63, 3.8) is 0 Å². The van der Waals surface area contributed by atoms with Gasteiger partial charge in [0.25, 0.3) is 0 Å². The van der Waals surface area contributed by atoms with Crippen LogP contribution in [0.2, 0.25) is 0 Å². The number of nitrogens with two attached hydrogens (primary N) is 2. The summed E-state index contributed by atoms with van der Waals surface area (Å²) in [5, 5.41) is 13.6. The van der Waals surface area contributed by atoms with Crippen molar-refractivity contribution in [1.82, 2.24) is 10.6 Å². The molecule has 0 heterocycles. The van der Waals surface area contributed by atoms with Gasteiger partial charge in [-0.3, -0.25) is 9.59 Å². The molecule has 7 N–H and O–H groups in total. The minimum absolute atomic E-state index is 0.0402. The van der Waals surface area contributed by atoms with Gasteiger partial charge in [-0.05, 0) is 25.8 Å². The predicted octanol–water partition coefficient (Wildman–Crippen LogP) is -1.94. The number of nitrogens with one attached hydrogen (secondary N) is 2. The number of amides is 2. The van der Waals surface area contributed by atoms with Crippen LogP contribution >= 0.6 is 12.6 Å². The third-order valence-electron chi connectivity index (χ3n) is 2.58. The zero-order chi connectivity index (χ0) is 15.5. The molecule has 20 heavy (non-hydrogen) atoms. The van der Waals surface area contributed by atoms with E-state index >= 15 is 0 Å². The van der Waals surface area contributed by atoms with Gasteiger partial charge in [0.05, 0.1) is 6.54 Å². The van der Waals surface area contributed by atoms with Gasteiger partial charge in [-0.2, -0.15) is 12.6 Å². The summed E-state index contributed by atoms with van der Waals surface area (Å²) in [6.07, 6.45) is 1.71. The summed E-state index contributed by atoms with van der Waals surface area (Å²) in [6, 6.07) is -1.92. The van der Waals surface area contributed by atoms with E-state index in [4.69, 9.17) is 16.6 Å².